The molecule has 0 aliphatic carbocycles. The highest BCUT2D eigenvalue weighted by molar-refractivity contribution is 6.31. The zero-order valence-electron chi connectivity index (χ0n) is 15.9. The summed E-state index contributed by atoms with van der Waals surface area (Å²) in [5.41, 5.74) is 5.93. The lowest BCUT2D eigenvalue weighted by Crippen LogP contribution is -2.14. The van der Waals surface area contributed by atoms with Gasteiger partial charge in [-0.1, -0.05) is 29.5 Å². The van der Waals surface area contributed by atoms with Crippen LogP contribution in [0.5, 0.6) is 0 Å². The first-order valence-electron chi connectivity index (χ1n) is 8.76. The maximum absolute atomic E-state index is 13.5. The first kappa shape index (κ1) is 22.1. The van der Waals surface area contributed by atoms with E-state index in [1.165, 1.54) is 24.4 Å². The van der Waals surface area contributed by atoms with E-state index in [2.05, 4.69) is 22.1 Å². The fraction of sp³-hybridized carbons (Fsp3) is 0.0909. The molecule has 158 valence electrons. The van der Waals surface area contributed by atoms with Crippen LogP contribution >= 0.6 is 11.6 Å². The third-order valence-corrected chi connectivity index (χ3v) is 4.57. The Morgan fingerprint density at radius 1 is 1.13 bits per heavy atom. The minimum Gasteiger partial charge on any atom is -0.381 e. The van der Waals surface area contributed by atoms with Gasteiger partial charge in [0, 0.05) is 28.6 Å². The van der Waals surface area contributed by atoms with E-state index in [9.17, 15) is 22.4 Å². The van der Waals surface area contributed by atoms with Crippen molar-refractivity contribution < 1.29 is 22.4 Å². The average molecular weight is 448 g/mol. The number of nitrogen functional groups attached to an aromatic ring is 1. The maximum Gasteiger partial charge on any atom is 0.417 e. The Hall–Kier alpha value is -3.57. The van der Waals surface area contributed by atoms with E-state index in [-0.39, 0.29) is 17.1 Å². The molecule has 9 heteroatoms. The third-order valence-electron chi connectivity index (χ3n) is 4.24. The van der Waals surface area contributed by atoms with Crippen LogP contribution in [-0.2, 0) is 6.18 Å². The third kappa shape index (κ3) is 5.32. The summed E-state index contributed by atoms with van der Waals surface area (Å²) in [5, 5.41) is 1.95. The van der Waals surface area contributed by atoms with Crippen LogP contribution in [0.1, 0.15) is 32.6 Å². The minimum atomic E-state index is -4.65. The van der Waals surface area contributed by atoms with Gasteiger partial charge in [-0.2, -0.15) is 13.2 Å². The number of nitrogens with two attached hydrogens (primary N) is 1. The Balaban J connectivity index is 1.86. The van der Waals surface area contributed by atoms with E-state index < -0.39 is 28.5 Å². The van der Waals surface area contributed by atoms with Crippen LogP contribution in [0.25, 0.3) is 0 Å². The number of rotatable bonds is 2. The quantitative estimate of drug-likeness (QED) is 0.406. The summed E-state index contributed by atoms with van der Waals surface area (Å²) in [7, 11) is 0. The molecule has 0 fully saturated rings. The smallest absolute Gasteiger partial charge is 0.381 e. The lowest BCUT2D eigenvalue weighted by molar-refractivity contribution is -0.137. The molecule has 31 heavy (non-hydrogen) atoms. The molecule has 0 saturated carbocycles. The van der Waals surface area contributed by atoms with Gasteiger partial charge in [-0.05, 0) is 48.9 Å². The fourth-order valence-electron chi connectivity index (χ4n) is 2.58. The topological polar surface area (TPSA) is 68.0 Å². The molecule has 0 radical (unpaired) electrons. The van der Waals surface area contributed by atoms with E-state index in [0.29, 0.717) is 11.1 Å². The molecule has 2 aromatic carbocycles. The predicted molar refractivity (Wildman–Crippen MR) is 110 cm³/mol. The number of carbonyl (C=O) groups excluding carboxylic acids is 1. The van der Waals surface area contributed by atoms with Gasteiger partial charge in [0.1, 0.15) is 0 Å². The summed E-state index contributed by atoms with van der Waals surface area (Å²) in [5.74, 6) is 4.00. The highest BCUT2D eigenvalue weighted by Gasteiger charge is 2.33. The van der Waals surface area contributed by atoms with Crippen LogP contribution in [0.15, 0.2) is 48.7 Å². The maximum atomic E-state index is 13.5. The van der Waals surface area contributed by atoms with Gasteiger partial charge in [0.05, 0.1) is 10.6 Å². The van der Waals surface area contributed by atoms with Crippen LogP contribution in [0.4, 0.5) is 29.1 Å². The number of amides is 1. The standard InChI is InChI=1S/C22H14ClF4N3O/c1-12-2-4-15(9-14(12)5-3-13-8-19(24)20(28)29-11-13)21(31)30-16-6-7-18(23)17(10-16)22(25,26)27/h2,4,6-11H,1H3,(H2,28,29)(H,30,31). The first-order chi connectivity index (χ1) is 14.5. The van der Waals surface area contributed by atoms with E-state index in [1.54, 1.807) is 13.0 Å². The number of alkyl halides is 3. The zero-order chi connectivity index (χ0) is 22.8. The number of nitrogens with one attached hydrogen (secondary N) is 1. The van der Waals surface area contributed by atoms with Gasteiger partial charge in [0.2, 0.25) is 0 Å². The van der Waals surface area contributed by atoms with Crippen molar-refractivity contribution in [3.8, 4) is 11.8 Å². The normalized spacial score (nSPS) is 10.9. The Kier molecular flexibility index (Phi) is 6.18. The number of pyridine rings is 1. The molecular formula is C22H14ClF4N3O. The molecule has 3 aromatic rings. The summed E-state index contributed by atoms with van der Waals surface area (Å²) in [6, 6.07) is 8.88. The second-order valence-corrected chi connectivity index (χ2v) is 6.92. The number of halogens is 5. The van der Waals surface area contributed by atoms with E-state index in [0.717, 1.165) is 23.8 Å². The minimum absolute atomic E-state index is 0.0571. The predicted octanol–water partition coefficient (Wildman–Crippen LogP) is 5.44. The van der Waals surface area contributed by atoms with Gasteiger partial charge in [-0.3, -0.25) is 4.79 Å². The number of nitrogens with zero attached hydrogens (tertiary/aromatic N) is 1. The van der Waals surface area contributed by atoms with Crippen LogP contribution in [-0.4, -0.2) is 10.9 Å². The van der Waals surface area contributed by atoms with Crippen molar-refractivity contribution in [1.82, 2.24) is 4.98 Å². The molecule has 0 saturated heterocycles. The second-order valence-electron chi connectivity index (χ2n) is 6.52. The fourth-order valence-corrected chi connectivity index (χ4v) is 2.80. The van der Waals surface area contributed by atoms with Crippen molar-refractivity contribution in [2.24, 2.45) is 0 Å². The zero-order valence-corrected chi connectivity index (χ0v) is 16.7. The van der Waals surface area contributed by atoms with Crippen LogP contribution < -0.4 is 11.1 Å². The van der Waals surface area contributed by atoms with Crippen molar-refractivity contribution in [2.45, 2.75) is 13.1 Å². The Morgan fingerprint density at radius 3 is 2.55 bits per heavy atom. The van der Waals surface area contributed by atoms with Gasteiger partial charge in [0.25, 0.3) is 5.91 Å². The number of hydrogen-bond donors (Lipinski definition) is 2. The van der Waals surface area contributed by atoms with E-state index >= 15 is 0 Å². The lowest BCUT2D eigenvalue weighted by Gasteiger charge is -2.12. The molecule has 3 N–H and O–H groups in total. The first-order valence-corrected chi connectivity index (χ1v) is 9.14. The molecule has 0 aliphatic rings. The summed E-state index contributed by atoms with van der Waals surface area (Å²) in [6.45, 7) is 1.77. The van der Waals surface area contributed by atoms with Crippen LogP contribution in [0, 0.1) is 24.6 Å². The van der Waals surface area contributed by atoms with Crippen molar-refractivity contribution in [2.75, 3.05) is 11.1 Å². The molecule has 1 heterocycles. The number of anilines is 2. The summed E-state index contributed by atoms with van der Waals surface area (Å²) < 4.78 is 52.5. The highest BCUT2D eigenvalue weighted by atomic mass is 35.5. The molecule has 0 spiro atoms. The second kappa shape index (κ2) is 8.66. The molecule has 1 amide bonds. The Bertz CT molecular complexity index is 1230. The lowest BCUT2D eigenvalue weighted by atomic mass is 10.0. The Labute approximate surface area is 180 Å². The van der Waals surface area contributed by atoms with Crippen molar-refractivity contribution in [3.05, 3.63) is 87.3 Å². The largest absolute Gasteiger partial charge is 0.417 e. The monoisotopic (exact) mass is 447 g/mol. The Morgan fingerprint density at radius 2 is 1.87 bits per heavy atom. The summed E-state index contributed by atoms with van der Waals surface area (Å²) in [4.78, 5) is 16.2. The van der Waals surface area contributed by atoms with Crippen molar-refractivity contribution in [1.29, 1.82) is 0 Å². The van der Waals surface area contributed by atoms with Crippen LogP contribution in [0.2, 0.25) is 5.02 Å². The molecule has 1 aromatic heterocycles. The number of hydrogen-bond acceptors (Lipinski definition) is 3. The van der Waals surface area contributed by atoms with Gasteiger partial charge < -0.3 is 11.1 Å². The molecule has 4 nitrogen and oxygen atoms in total. The van der Waals surface area contributed by atoms with E-state index in [4.69, 9.17) is 17.3 Å². The van der Waals surface area contributed by atoms with Crippen molar-refractivity contribution in [3.63, 3.8) is 0 Å². The van der Waals surface area contributed by atoms with Gasteiger partial charge in [0.15, 0.2) is 11.6 Å². The molecule has 0 aliphatic heterocycles. The van der Waals surface area contributed by atoms with E-state index in [1.807, 2.05) is 0 Å². The number of aromatic nitrogens is 1. The number of benzene rings is 2. The van der Waals surface area contributed by atoms with Gasteiger partial charge in [-0.15, -0.1) is 0 Å². The molecular weight excluding hydrogens is 434 g/mol. The summed E-state index contributed by atoms with van der Waals surface area (Å²) in [6.07, 6.45) is -3.34. The highest BCUT2D eigenvalue weighted by Crippen LogP contribution is 2.36. The number of carbonyl (C=O) groups is 1. The number of aryl methyl sites for hydroxylation is 1. The summed E-state index contributed by atoms with van der Waals surface area (Å²) >= 11 is 5.59. The SMILES string of the molecule is Cc1ccc(C(=O)Nc2ccc(Cl)c(C(F)(F)F)c2)cc1C#Cc1cnc(N)c(F)c1. The van der Waals surface area contributed by atoms with Crippen LogP contribution in [0.3, 0.4) is 0 Å². The van der Waals surface area contributed by atoms with Gasteiger partial charge >= 0.3 is 6.18 Å². The molecule has 0 atom stereocenters. The van der Waals surface area contributed by atoms with Crippen molar-refractivity contribution >= 4 is 29.0 Å². The molecule has 3 rings (SSSR count). The van der Waals surface area contributed by atoms with Gasteiger partial charge in [-0.25, -0.2) is 9.37 Å². The molecule has 0 bridgehead atoms. The average Bonchev–Trinajstić information content (AvgIpc) is 2.70. The molecule has 0 unspecified atom stereocenters.